The summed E-state index contributed by atoms with van der Waals surface area (Å²) in [7, 11) is 0. The van der Waals surface area contributed by atoms with E-state index < -0.39 is 0 Å². The Hall–Kier alpha value is -6.91. The number of benzene rings is 7. The van der Waals surface area contributed by atoms with Gasteiger partial charge in [0.05, 0.1) is 33.6 Å². The van der Waals surface area contributed by atoms with Crippen LogP contribution in [0.4, 0.5) is 22.7 Å². The third-order valence-electron chi connectivity index (χ3n) is 10.7. The molecule has 0 saturated carbocycles. The molecule has 0 saturated heterocycles. The highest BCUT2D eigenvalue weighted by molar-refractivity contribution is 6.23. The second kappa shape index (κ2) is 11.3. The molecule has 2 aliphatic heterocycles. The van der Waals surface area contributed by atoms with Crippen molar-refractivity contribution in [1.82, 2.24) is 9.55 Å². The molecule has 0 bridgehead atoms. The highest BCUT2D eigenvalue weighted by atomic mass is 15.2. The number of rotatable bonds is 3. The first kappa shape index (κ1) is 28.9. The number of anilines is 4. The van der Waals surface area contributed by atoms with Gasteiger partial charge in [-0.05, 0) is 53.6 Å². The first-order valence-electron chi connectivity index (χ1n) is 17.9. The molecule has 52 heavy (non-hydrogen) atoms. The lowest BCUT2D eigenvalue weighted by atomic mass is 9.85. The van der Waals surface area contributed by atoms with Crippen molar-refractivity contribution in [1.29, 1.82) is 0 Å². The molecule has 9 aromatic rings. The summed E-state index contributed by atoms with van der Waals surface area (Å²) in [6.45, 7) is 0.764. The molecule has 2 aliphatic rings. The highest BCUT2D eigenvalue weighted by Gasteiger charge is 2.34. The van der Waals surface area contributed by atoms with E-state index in [1.165, 1.54) is 60.8 Å². The molecule has 4 heteroatoms. The molecule has 0 amide bonds. The van der Waals surface area contributed by atoms with Gasteiger partial charge in [-0.2, -0.15) is 0 Å². The topological polar surface area (TPSA) is 33.1 Å². The maximum atomic E-state index is 5.00. The van der Waals surface area contributed by atoms with Crippen molar-refractivity contribution in [2.24, 2.45) is 0 Å². The fraction of sp³-hybridized carbons (Fsp3) is 0.0208. The molecule has 244 valence electrons. The van der Waals surface area contributed by atoms with Crippen LogP contribution >= 0.6 is 0 Å². The number of para-hydroxylation sites is 3. The fourth-order valence-corrected chi connectivity index (χ4v) is 8.61. The second-order valence-electron chi connectivity index (χ2n) is 13.5. The molecule has 2 aromatic heterocycles. The predicted octanol–water partition coefficient (Wildman–Crippen LogP) is 12.6. The zero-order chi connectivity index (χ0) is 34.2. The molecule has 0 unspecified atom stereocenters. The Kier molecular flexibility index (Phi) is 6.28. The van der Waals surface area contributed by atoms with E-state index in [9.17, 15) is 0 Å². The van der Waals surface area contributed by atoms with Gasteiger partial charge in [0.2, 0.25) is 0 Å². The average molecular weight is 665 g/mol. The Morgan fingerprint density at radius 1 is 0.558 bits per heavy atom. The number of pyridine rings is 1. The van der Waals surface area contributed by atoms with Gasteiger partial charge in [-0.25, -0.2) is 0 Å². The van der Waals surface area contributed by atoms with Crippen LogP contribution in [-0.2, 0) is 0 Å². The van der Waals surface area contributed by atoms with Crippen LogP contribution in [0.3, 0.4) is 0 Å². The van der Waals surface area contributed by atoms with Gasteiger partial charge in [0.1, 0.15) is 0 Å². The van der Waals surface area contributed by atoms with Gasteiger partial charge >= 0.3 is 0 Å². The number of nitrogens with zero attached hydrogens (tertiary/aromatic N) is 3. The van der Waals surface area contributed by atoms with Crippen molar-refractivity contribution in [2.45, 2.75) is 0 Å². The maximum Gasteiger partial charge on any atom is 0.0946 e. The van der Waals surface area contributed by atoms with Gasteiger partial charge in [0.25, 0.3) is 0 Å². The fourth-order valence-electron chi connectivity index (χ4n) is 8.61. The zero-order valence-corrected chi connectivity index (χ0v) is 28.3. The summed E-state index contributed by atoms with van der Waals surface area (Å²) in [5, 5.41) is 7.31. The molecular weight excluding hydrogens is 633 g/mol. The molecule has 4 nitrogen and oxygen atoms in total. The predicted molar refractivity (Wildman–Crippen MR) is 218 cm³/mol. The quantitative estimate of drug-likeness (QED) is 0.204. The van der Waals surface area contributed by atoms with Crippen molar-refractivity contribution in [3.05, 3.63) is 176 Å². The maximum absolute atomic E-state index is 5.00. The zero-order valence-electron chi connectivity index (χ0n) is 28.3. The molecule has 11 rings (SSSR count). The van der Waals surface area contributed by atoms with Crippen molar-refractivity contribution in [3.63, 3.8) is 0 Å². The van der Waals surface area contributed by atoms with Gasteiger partial charge in [-0.1, -0.05) is 127 Å². The first-order chi connectivity index (χ1) is 25.8. The van der Waals surface area contributed by atoms with Gasteiger partial charge in [0.15, 0.2) is 0 Å². The Balaban J connectivity index is 1.38. The first-order valence-corrected chi connectivity index (χ1v) is 17.9. The monoisotopic (exact) mass is 664 g/mol. The molecule has 1 N–H and O–H groups in total. The van der Waals surface area contributed by atoms with Gasteiger partial charge < -0.3 is 14.8 Å². The van der Waals surface area contributed by atoms with Crippen LogP contribution in [0.5, 0.6) is 0 Å². The molecule has 0 radical (unpaired) electrons. The number of aromatic nitrogens is 2. The Morgan fingerprint density at radius 2 is 1.31 bits per heavy atom. The summed E-state index contributed by atoms with van der Waals surface area (Å²) in [4.78, 5) is 7.52. The minimum absolute atomic E-state index is 0.764. The Morgan fingerprint density at radius 3 is 2.21 bits per heavy atom. The molecule has 4 heterocycles. The van der Waals surface area contributed by atoms with Crippen LogP contribution in [-0.4, -0.2) is 16.1 Å². The highest BCUT2D eigenvalue weighted by Crippen LogP contribution is 2.58. The van der Waals surface area contributed by atoms with E-state index in [1.54, 1.807) is 0 Å². The van der Waals surface area contributed by atoms with Crippen LogP contribution in [0.15, 0.2) is 170 Å². The number of fused-ring (bicyclic) bond motifs is 14. The molecule has 7 aromatic carbocycles. The minimum atomic E-state index is 0.764. The van der Waals surface area contributed by atoms with Crippen molar-refractivity contribution >= 4 is 61.5 Å². The van der Waals surface area contributed by atoms with Crippen LogP contribution in [0.25, 0.3) is 77.9 Å². The van der Waals surface area contributed by atoms with Gasteiger partial charge in [-0.15, -0.1) is 0 Å². The number of hydrogen-bond acceptors (Lipinski definition) is 3. The van der Waals surface area contributed by atoms with E-state index in [2.05, 4.69) is 185 Å². The van der Waals surface area contributed by atoms with Crippen molar-refractivity contribution in [2.75, 3.05) is 16.8 Å². The Bertz CT molecular complexity index is 2900. The molecular formula is C48H32N4. The van der Waals surface area contributed by atoms with E-state index in [0.29, 0.717) is 0 Å². The summed E-state index contributed by atoms with van der Waals surface area (Å²) in [5.74, 6) is 0. The lowest BCUT2D eigenvalue weighted by Gasteiger charge is -2.29. The largest absolute Gasteiger partial charge is 0.379 e. The summed E-state index contributed by atoms with van der Waals surface area (Å²) < 4.78 is 2.47. The number of hydrogen-bond donors (Lipinski definition) is 1. The average Bonchev–Trinajstić information content (AvgIpc) is 3.49. The normalized spacial score (nSPS) is 13.0. The van der Waals surface area contributed by atoms with Crippen molar-refractivity contribution in [3.8, 4) is 39.1 Å². The minimum Gasteiger partial charge on any atom is -0.379 e. The molecule has 0 spiro atoms. The summed E-state index contributed by atoms with van der Waals surface area (Å²) in [6.07, 6.45) is 6.44. The van der Waals surface area contributed by atoms with E-state index in [0.717, 1.165) is 45.9 Å². The SMILES string of the molecule is C1=Cc2c3c(c4cccnc4c2NC1)-c1ccccc1N(c1cccc(-c2ccccc2)c1)c1c-3ccc2c3ccccc3n(-c3ccccc3)c12. The van der Waals surface area contributed by atoms with E-state index in [4.69, 9.17) is 4.98 Å². The van der Waals surface area contributed by atoms with Crippen LogP contribution in [0.1, 0.15) is 5.56 Å². The number of nitrogens with one attached hydrogen (secondary N) is 1. The summed E-state index contributed by atoms with van der Waals surface area (Å²) in [6, 6.07) is 57.2. The standard InChI is InChI=1S/C48H32N4/c1-3-14-31(15-4-1)32-16-11-19-34(30-32)52-42-25-10-8-21-37(42)43-38-22-12-28-49-45(38)46-39(23-13-29-50-46)44(43)40-27-26-36-35-20-7-9-24-41(35)51(47(36)48(40)52)33-17-5-2-6-18-33/h1-28,30,50H,29H2. The van der Waals surface area contributed by atoms with Gasteiger partial charge in [-0.3, -0.25) is 4.98 Å². The Labute approximate surface area is 301 Å². The molecule has 0 atom stereocenters. The lowest BCUT2D eigenvalue weighted by Crippen LogP contribution is -2.13. The third-order valence-corrected chi connectivity index (χ3v) is 10.7. The summed E-state index contributed by atoms with van der Waals surface area (Å²) >= 11 is 0. The summed E-state index contributed by atoms with van der Waals surface area (Å²) in [5.41, 5.74) is 17.3. The van der Waals surface area contributed by atoms with E-state index in [1.807, 2.05) is 6.20 Å². The van der Waals surface area contributed by atoms with Crippen LogP contribution < -0.4 is 10.2 Å². The second-order valence-corrected chi connectivity index (χ2v) is 13.5. The van der Waals surface area contributed by atoms with E-state index >= 15 is 0 Å². The van der Waals surface area contributed by atoms with Crippen LogP contribution in [0.2, 0.25) is 0 Å². The molecule has 0 aliphatic carbocycles. The van der Waals surface area contributed by atoms with E-state index in [-0.39, 0.29) is 0 Å². The van der Waals surface area contributed by atoms with Crippen molar-refractivity contribution < 1.29 is 0 Å². The third kappa shape index (κ3) is 4.12. The van der Waals surface area contributed by atoms with Gasteiger partial charge in [0, 0.05) is 68.1 Å². The van der Waals surface area contributed by atoms with Crippen LogP contribution in [0, 0.1) is 0 Å². The smallest absolute Gasteiger partial charge is 0.0946 e. The lowest BCUT2D eigenvalue weighted by molar-refractivity contribution is 1.17. The molecule has 0 fully saturated rings.